The molecule has 7 nitrogen and oxygen atoms in total. The van der Waals surface area contributed by atoms with E-state index in [-0.39, 0.29) is 30.8 Å². The van der Waals surface area contributed by atoms with Crippen LogP contribution in [0.15, 0.2) is 30.3 Å². The van der Waals surface area contributed by atoms with Crippen LogP contribution >= 0.6 is 0 Å². The first-order valence-electron chi connectivity index (χ1n) is 9.66. The summed E-state index contributed by atoms with van der Waals surface area (Å²) in [4.78, 5) is 0. The van der Waals surface area contributed by atoms with E-state index < -0.39 is 0 Å². The van der Waals surface area contributed by atoms with Crippen LogP contribution in [0.25, 0.3) is 0 Å². The monoisotopic (exact) mass is 400 g/mol. The summed E-state index contributed by atoms with van der Waals surface area (Å²) in [6.45, 7) is 1.47. The standard InChI is InChI=1S/C22H24O7/c1-23-16-5-4-12(6-17(16)24-2)20-14-9-27-21(15(14)10-26-20)13-7-18(25-3)22-19(8-13)28-11-29-22/h4-8,14-15,20-21H,9-11H2,1-3H3/t14-,15+,20-,21+/m0/s1. The second-order valence-electron chi connectivity index (χ2n) is 7.41. The van der Waals surface area contributed by atoms with Gasteiger partial charge in [0.25, 0.3) is 0 Å². The van der Waals surface area contributed by atoms with Crippen molar-refractivity contribution in [2.45, 2.75) is 12.2 Å². The highest BCUT2D eigenvalue weighted by Gasteiger charge is 2.48. The minimum atomic E-state index is -0.0754. The molecule has 0 saturated carbocycles. The number of hydrogen-bond donors (Lipinski definition) is 0. The van der Waals surface area contributed by atoms with Crippen molar-refractivity contribution in [3.05, 3.63) is 41.5 Å². The minimum Gasteiger partial charge on any atom is -0.493 e. The maximum absolute atomic E-state index is 6.23. The normalized spacial score (nSPS) is 27.0. The third kappa shape index (κ3) is 2.96. The van der Waals surface area contributed by atoms with Gasteiger partial charge in [0.15, 0.2) is 23.0 Å². The van der Waals surface area contributed by atoms with E-state index in [1.807, 2.05) is 30.3 Å². The van der Waals surface area contributed by atoms with Crippen LogP contribution in [0.1, 0.15) is 23.3 Å². The molecular weight excluding hydrogens is 376 g/mol. The lowest BCUT2D eigenvalue weighted by molar-refractivity contribution is 0.0191. The number of rotatable bonds is 5. The predicted molar refractivity (Wildman–Crippen MR) is 103 cm³/mol. The molecule has 0 N–H and O–H groups in total. The molecule has 0 unspecified atom stereocenters. The summed E-state index contributed by atoms with van der Waals surface area (Å²) in [5.41, 5.74) is 2.10. The van der Waals surface area contributed by atoms with Crippen molar-refractivity contribution in [2.75, 3.05) is 41.3 Å². The van der Waals surface area contributed by atoms with E-state index in [0.717, 1.165) is 11.1 Å². The Morgan fingerprint density at radius 2 is 1.38 bits per heavy atom. The Balaban J connectivity index is 1.41. The summed E-state index contributed by atoms with van der Waals surface area (Å²) in [5.74, 6) is 3.93. The average molecular weight is 400 g/mol. The van der Waals surface area contributed by atoms with Gasteiger partial charge in [0.1, 0.15) is 0 Å². The molecule has 3 aliphatic rings. The smallest absolute Gasteiger partial charge is 0.231 e. The predicted octanol–water partition coefficient (Wildman–Crippen LogP) is 3.52. The Kier molecular flexibility index (Phi) is 4.64. The average Bonchev–Trinajstić information content (AvgIpc) is 3.48. The maximum Gasteiger partial charge on any atom is 0.231 e. The quantitative estimate of drug-likeness (QED) is 0.761. The highest BCUT2D eigenvalue weighted by molar-refractivity contribution is 5.55. The second kappa shape index (κ2) is 7.31. The number of methoxy groups -OCH3 is 3. The van der Waals surface area contributed by atoms with E-state index in [0.29, 0.717) is 42.0 Å². The number of hydrogen-bond acceptors (Lipinski definition) is 7. The van der Waals surface area contributed by atoms with Gasteiger partial charge in [0.2, 0.25) is 12.5 Å². The van der Waals surface area contributed by atoms with Crippen molar-refractivity contribution in [1.29, 1.82) is 0 Å². The van der Waals surface area contributed by atoms with Gasteiger partial charge in [0, 0.05) is 11.8 Å². The first kappa shape index (κ1) is 18.4. The molecule has 4 atom stereocenters. The molecule has 29 heavy (non-hydrogen) atoms. The zero-order valence-corrected chi connectivity index (χ0v) is 16.7. The van der Waals surface area contributed by atoms with Crippen molar-refractivity contribution in [2.24, 2.45) is 11.8 Å². The van der Waals surface area contributed by atoms with Gasteiger partial charge in [-0.1, -0.05) is 6.07 Å². The molecule has 0 amide bonds. The van der Waals surface area contributed by atoms with Gasteiger partial charge in [-0.05, 0) is 35.4 Å². The Hall–Kier alpha value is -2.64. The molecule has 0 radical (unpaired) electrons. The van der Waals surface area contributed by atoms with Crippen molar-refractivity contribution >= 4 is 0 Å². The Labute approximate surface area is 169 Å². The SMILES string of the molecule is COc1ccc([C@@H]2OC[C@@H]3[C@@H]2CO[C@@H]3c2cc(OC)c3c(c2)OCO3)cc1OC. The summed E-state index contributed by atoms with van der Waals surface area (Å²) in [7, 11) is 4.90. The van der Waals surface area contributed by atoms with Gasteiger partial charge in [-0.25, -0.2) is 0 Å². The fraction of sp³-hybridized carbons (Fsp3) is 0.455. The number of benzene rings is 2. The molecule has 5 rings (SSSR count). The zero-order chi connectivity index (χ0) is 20.0. The van der Waals surface area contributed by atoms with Gasteiger partial charge in [-0.15, -0.1) is 0 Å². The van der Waals surface area contributed by atoms with Crippen LogP contribution in [0.4, 0.5) is 0 Å². The first-order chi connectivity index (χ1) is 14.2. The minimum absolute atomic E-state index is 0.0410. The molecule has 3 heterocycles. The molecule has 0 aliphatic carbocycles. The summed E-state index contributed by atoms with van der Waals surface area (Å²) < 4.78 is 39.8. The lowest BCUT2D eigenvalue weighted by Gasteiger charge is -2.18. The molecule has 3 aliphatic heterocycles. The Morgan fingerprint density at radius 1 is 0.724 bits per heavy atom. The van der Waals surface area contributed by atoms with E-state index in [9.17, 15) is 0 Å². The molecule has 2 aromatic carbocycles. The molecule has 2 aromatic rings. The molecule has 0 bridgehead atoms. The van der Waals surface area contributed by atoms with E-state index in [1.165, 1.54) is 0 Å². The van der Waals surface area contributed by atoms with Gasteiger partial charge >= 0.3 is 0 Å². The highest BCUT2D eigenvalue weighted by atomic mass is 16.7. The Bertz CT molecular complexity index is 912. The summed E-state index contributed by atoms with van der Waals surface area (Å²) in [6, 6.07) is 9.90. The van der Waals surface area contributed by atoms with Crippen LogP contribution in [0.2, 0.25) is 0 Å². The van der Waals surface area contributed by atoms with Crippen LogP contribution in [0.3, 0.4) is 0 Å². The molecule has 154 valence electrons. The largest absolute Gasteiger partial charge is 0.493 e. The topological polar surface area (TPSA) is 64.6 Å². The van der Waals surface area contributed by atoms with Crippen molar-refractivity contribution in [1.82, 2.24) is 0 Å². The van der Waals surface area contributed by atoms with E-state index in [1.54, 1.807) is 21.3 Å². The maximum atomic E-state index is 6.23. The van der Waals surface area contributed by atoms with Gasteiger partial charge < -0.3 is 33.2 Å². The molecule has 2 fully saturated rings. The van der Waals surface area contributed by atoms with Crippen molar-refractivity contribution in [3.8, 4) is 28.7 Å². The van der Waals surface area contributed by atoms with E-state index >= 15 is 0 Å². The number of ether oxygens (including phenoxy) is 7. The Morgan fingerprint density at radius 3 is 2.07 bits per heavy atom. The van der Waals surface area contributed by atoms with E-state index in [2.05, 4.69) is 0 Å². The summed E-state index contributed by atoms with van der Waals surface area (Å²) in [5, 5.41) is 0. The lowest BCUT2D eigenvalue weighted by Crippen LogP contribution is -2.14. The first-order valence-corrected chi connectivity index (χ1v) is 9.66. The van der Waals surface area contributed by atoms with Crippen LogP contribution in [0, 0.1) is 11.8 Å². The van der Waals surface area contributed by atoms with Gasteiger partial charge in [0.05, 0.1) is 46.8 Å². The van der Waals surface area contributed by atoms with E-state index in [4.69, 9.17) is 33.2 Å². The lowest BCUT2D eigenvalue weighted by atomic mass is 9.85. The number of fused-ring (bicyclic) bond motifs is 2. The molecule has 2 saturated heterocycles. The second-order valence-corrected chi connectivity index (χ2v) is 7.41. The fourth-order valence-electron chi connectivity index (χ4n) is 4.58. The zero-order valence-electron chi connectivity index (χ0n) is 16.7. The third-order valence-corrected chi connectivity index (χ3v) is 6.01. The van der Waals surface area contributed by atoms with Crippen molar-refractivity contribution in [3.63, 3.8) is 0 Å². The third-order valence-electron chi connectivity index (χ3n) is 6.01. The molecule has 0 spiro atoms. The van der Waals surface area contributed by atoms with Crippen LogP contribution in [-0.4, -0.2) is 41.3 Å². The fourth-order valence-corrected chi connectivity index (χ4v) is 4.58. The van der Waals surface area contributed by atoms with Crippen LogP contribution in [-0.2, 0) is 9.47 Å². The molecule has 7 heteroatoms. The summed E-state index contributed by atoms with van der Waals surface area (Å²) in [6.07, 6.45) is -0.116. The van der Waals surface area contributed by atoms with Crippen LogP contribution in [0.5, 0.6) is 28.7 Å². The molecular formula is C22H24O7. The van der Waals surface area contributed by atoms with Gasteiger partial charge in [-0.3, -0.25) is 0 Å². The van der Waals surface area contributed by atoms with Gasteiger partial charge in [-0.2, -0.15) is 0 Å². The highest BCUT2D eigenvalue weighted by Crippen LogP contribution is 2.53. The summed E-state index contributed by atoms with van der Waals surface area (Å²) >= 11 is 0. The van der Waals surface area contributed by atoms with Crippen molar-refractivity contribution < 1.29 is 33.2 Å². The molecule has 0 aromatic heterocycles. The van der Waals surface area contributed by atoms with Crippen LogP contribution < -0.4 is 23.7 Å².